The molecule has 0 N–H and O–H groups in total. The van der Waals surface area contributed by atoms with E-state index < -0.39 is 0 Å². The minimum Gasteiger partial charge on any atom is -0.462 e. The van der Waals surface area contributed by atoms with Crippen LogP contribution in [0.25, 0.3) is 0 Å². The predicted molar refractivity (Wildman–Crippen MR) is 68.2 cm³/mol. The van der Waals surface area contributed by atoms with Gasteiger partial charge in [0.2, 0.25) is 0 Å². The summed E-state index contributed by atoms with van der Waals surface area (Å²) in [6.07, 6.45) is 11.5. The fourth-order valence-electron chi connectivity index (χ4n) is 1.39. The molecule has 0 spiro atoms. The zero-order chi connectivity index (χ0) is 12.2. The van der Waals surface area contributed by atoms with Crippen molar-refractivity contribution in [2.24, 2.45) is 5.92 Å². The zero-order valence-corrected chi connectivity index (χ0v) is 10.7. The number of carbonyl (C=O) groups is 1. The summed E-state index contributed by atoms with van der Waals surface area (Å²) in [5, 5.41) is 0. The third-order valence-corrected chi connectivity index (χ3v) is 2.54. The number of allylic oxidation sites excluding steroid dienone is 3. The number of unbranched alkanes of at least 4 members (excludes halogenated alkanes) is 1. The molecule has 0 saturated heterocycles. The first-order valence-electron chi connectivity index (χ1n) is 6.20. The van der Waals surface area contributed by atoms with Crippen molar-refractivity contribution in [1.29, 1.82) is 0 Å². The van der Waals surface area contributed by atoms with Crippen LogP contribution >= 0.6 is 0 Å². The Labute approximate surface area is 99.4 Å². The fraction of sp³-hybridized carbons (Fsp3) is 0.643. The van der Waals surface area contributed by atoms with E-state index in [0.717, 1.165) is 12.8 Å². The highest BCUT2D eigenvalue weighted by Crippen LogP contribution is 2.12. The molecule has 0 bridgehead atoms. The molecular weight excluding hydrogens is 200 g/mol. The lowest BCUT2D eigenvalue weighted by atomic mass is 10.0. The first-order valence-corrected chi connectivity index (χ1v) is 6.20. The molecule has 92 valence electrons. The lowest BCUT2D eigenvalue weighted by molar-refractivity contribution is -0.139. The quantitative estimate of drug-likeness (QED) is 0.355. The van der Waals surface area contributed by atoms with Crippen molar-refractivity contribution in [2.75, 3.05) is 6.61 Å². The Morgan fingerprint density at radius 1 is 1.31 bits per heavy atom. The summed E-state index contributed by atoms with van der Waals surface area (Å²) in [5.74, 6) is 0.270. The lowest BCUT2D eigenvalue weighted by Crippen LogP contribution is -2.12. The lowest BCUT2D eigenvalue weighted by Gasteiger charge is -2.13. The van der Waals surface area contributed by atoms with Crippen molar-refractivity contribution in [2.45, 2.75) is 46.5 Å². The normalized spacial score (nSPS) is 13.4. The third kappa shape index (κ3) is 8.27. The van der Waals surface area contributed by atoms with Crippen LogP contribution in [0, 0.1) is 5.92 Å². The van der Waals surface area contributed by atoms with Crippen molar-refractivity contribution in [1.82, 2.24) is 0 Å². The summed E-state index contributed by atoms with van der Waals surface area (Å²) in [6.45, 7) is 6.78. The molecule has 1 unspecified atom stereocenters. The average Bonchev–Trinajstić information content (AvgIpc) is 2.30. The second-order valence-corrected chi connectivity index (χ2v) is 3.93. The maximum atomic E-state index is 11.3. The Bertz CT molecular complexity index is 229. The Hall–Kier alpha value is -1.05. The zero-order valence-electron chi connectivity index (χ0n) is 10.7. The highest BCUT2D eigenvalue weighted by atomic mass is 16.5. The molecule has 0 amide bonds. The molecule has 0 aromatic heterocycles. The molecule has 0 saturated carbocycles. The van der Waals surface area contributed by atoms with Gasteiger partial charge in [-0.05, 0) is 19.3 Å². The SMILES string of the molecule is C/C=C/C=C/C(=O)OCC(CC)CCCC. The van der Waals surface area contributed by atoms with Crippen LogP contribution in [0.15, 0.2) is 24.3 Å². The number of ether oxygens (including phenoxy) is 1. The molecule has 16 heavy (non-hydrogen) atoms. The topological polar surface area (TPSA) is 26.3 Å². The van der Waals surface area contributed by atoms with Crippen LogP contribution in [0.4, 0.5) is 0 Å². The second kappa shape index (κ2) is 10.5. The molecule has 0 heterocycles. The minimum atomic E-state index is -0.243. The van der Waals surface area contributed by atoms with E-state index in [1.807, 2.05) is 19.1 Å². The van der Waals surface area contributed by atoms with E-state index in [2.05, 4.69) is 13.8 Å². The molecule has 0 rings (SSSR count). The van der Waals surface area contributed by atoms with Crippen LogP contribution in [-0.2, 0) is 9.53 Å². The van der Waals surface area contributed by atoms with Gasteiger partial charge in [0.15, 0.2) is 0 Å². The van der Waals surface area contributed by atoms with Gasteiger partial charge in [-0.25, -0.2) is 4.79 Å². The number of rotatable bonds is 8. The van der Waals surface area contributed by atoms with Crippen LogP contribution in [-0.4, -0.2) is 12.6 Å². The largest absolute Gasteiger partial charge is 0.462 e. The number of hydrogen-bond acceptors (Lipinski definition) is 2. The van der Waals surface area contributed by atoms with Gasteiger partial charge < -0.3 is 4.74 Å². The molecular formula is C14H24O2. The van der Waals surface area contributed by atoms with Crippen molar-refractivity contribution in [3.63, 3.8) is 0 Å². The van der Waals surface area contributed by atoms with Gasteiger partial charge in [0.05, 0.1) is 6.61 Å². The Morgan fingerprint density at radius 3 is 2.62 bits per heavy atom. The Balaban J connectivity index is 3.78. The molecule has 0 aliphatic rings. The van der Waals surface area contributed by atoms with Gasteiger partial charge in [-0.2, -0.15) is 0 Å². The minimum absolute atomic E-state index is 0.243. The standard InChI is InChI=1S/C14H24O2/c1-4-7-9-11-14(15)16-12-13(6-3)10-8-5-2/h4,7,9,11,13H,5-6,8,10,12H2,1-3H3/b7-4+,11-9+. The number of carbonyl (C=O) groups excluding carboxylic acids is 1. The van der Waals surface area contributed by atoms with Crippen molar-refractivity contribution in [3.8, 4) is 0 Å². The average molecular weight is 224 g/mol. The van der Waals surface area contributed by atoms with Crippen molar-refractivity contribution < 1.29 is 9.53 Å². The second-order valence-electron chi connectivity index (χ2n) is 3.93. The van der Waals surface area contributed by atoms with Crippen molar-refractivity contribution >= 4 is 5.97 Å². The number of hydrogen-bond donors (Lipinski definition) is 0. The van der Waals surface area contributed by atoms with Crippen LogP contribution in [0.2, 0.25) is 0 Å². The van der Waals surface area contributed by atoms with Gasteiger partial charge >= 0.3 is 5.97 Å². The molecule has 2 nitrogen and oxygen atoms in total. The molecule has 0 aliphatic carbocycles. The fourth-order valence-corrected chi connectivity index (χ4v) is 1.39. The van der Waals surface area contributed by atoms with Crippen molar-refractivity contribution in [3.05, 3.63) is 24.3 Å². The smallest absolute Gasteiger partial charge is 0.330 e. The van der Waals surface area contributed by atoms with Crippen LogP contribution < -0.4 is 0 Å². The van der Waals surface area contributed by atoms with E-state index in [1.54, 1.807) is 6.08 Å². The summed E-state index contributed by atoms with van der Waals surface area (Å²) >= 11 is 0. The third-order valence-electron chi connectivity index (χ3n) is 2.54. The van der Waals surface area contributed by atoms with Crippen LogP contribution in [0.3, 0.4) is 0 Å². The summed E-state index contributed by atoms with van der Waals surface area (Å²) in [5.41, 5.74) is 0. The highest BCUT2D eigenvalue weighted by Gasteiger charge is 2.07. The molecule has 1 atom stereocenters. The molecule has 0 aromatic rings. The maximum Gasteiger partial charge on any atom is 0.330 e. The van der Waals surface area contributed by atoms with Gasteiger partial charge in [-0.3, -0.25) is 0 Å². The Kier molecular flexibility index (Phi) is 9.78. The van der Waals surface area contributed by atoms with Crippen LogP contribution in [0.1, 0.15) is 46.5 Å². The van der Waals surface area contributed by atoms with E-state index in [9.17, 15) is 4.79 Å². The maximum absolute atomic E-state index is 11.3. The van der Waals surface area contributed by atoms with E-state index in [1.165, 1.54) is 18.9 Å². The predicted octanol–water partition coefficient (Wildman–Crippen LogP) is 3.88. The summed E-state index contributed by atoms with van der Waals surface area (Å²) < 4.78 is 5.18. The van der Waals surface area contributed by atoms with Gasteiger partial charge in [-0.15, -0.1) is 0 Å². The molecule has 0 aliphatic heterocycles. The molecule has 2 heteroatoms. The van der Waals surface area contributed by atoms with Crippen LogP contribution in [0.5, 0.6) is 0 Å². The number of esters is 1. The first kappa shape index (κ1) is 14.9. The van der Waals surface area contributed by atoms with Gasteiger partial charge in [0.1, 0.15) is 0 Å². The van der Waals surface area contributed by atoms with E-state index in [-0.39, 0.29) is 5.97 Å². The van der Waals surface area contributed by atoms with E-state index >= 15 is 0 Å². The first-order chi connectivity index (χ1) is 7.74. The molecule has 0 fully saturated rings. The van der Waals surface area contributed by atoms with Gasteiger partial charge in [-0.1, -0.05) is 51.3 Å². The highest BCUT2D eigenvalue weighted by molar-refractivity contribution is 5.82. The summed E-state index contributed by atoms with van der Waals surface area (Å²) in [4.78, 5) is 11.3. The Morgan fingerprint density at radius 2 is 2.06 bits per heavy atom. The van der Waals surface area contributed by atoms with Gasteiger partial charge in [0, 0.05) is 6.08 Å². The summed E-state index contributed by atoms with van der Waals surface area (Å²) in [7, 11) is 0. The van der Waals surface area contributed by atoms with E-state index in [4.69, 9.17) is 4.74 Å². The van der Waals surface area contributed by atoms with E-state index in [0.29, 0.717) is 12.5 Å². The summed E-state index contributed by atoms with van der Waals surface area (Å²) in [6, 6.07) is 0. The molecule has 0 aromatic carbocycles. The van der Waals surface area contributed by atoms with Gasteiger partial charge in [0.25, 0.3) is 0 Å². The monoisotopic (exact) mass is 224 g/mol. The molecule has 0 radical (unpaired) electrons.